The second-order valence-electron chi connectivity index (χ2n) is 5.34. The van der Waals surface area contributed by atoms with Crippen molar-refractivity contribution in [3.05, 3.63) is 0 Å². The minimum absolute atomic E-state index is 0.567. The van der Waals surface area contributed by atoms with Crippen LogP contribution in [0.25, 0.3) is 0 Å². The average molecular weight is 240 g/mol. The molecule has 1 aliphatic carbocycles. The van der Waals surface area contributed by atoms with Crippen LogP contribution in [0.15, 0.2) is 0 Å². The van der Waals surface area contributed by atoms with Crippen molar-refractivity contribution in [1.29, 1.82) is 0 Å². The molecule has 4 nitrogen and oxygen atoms in total. The van der Waals surface area contributed by atoms with E-state index in [0.717, 1.165) is 51.9 Å². The molecule has 2 aliphatic rings. The third-order valence-electron chi connectivity index (χ3n) is 4.30. The van der Waals surface area contributed by atoms with E-state index in [1.807, 2.05) is 0 Å². The third kappa shape index (κ3) is 2.80. The van der Waals surface area contributed by atoms with Gasteiger partial charge in [0.25, 0.3) is 0 Å². The standard InChI is InChI=1S/C13H24N2O2/c16-12(17)13(15-10-8-14-9-11-15)6-4-2-1-3-5-7-13/h14H,1-11H2,(H,16,17). The van der Waals surface area contributed by atoms with Crippen LogP contribution in [0.5, 0.6) is 0 Å². The molecule has 0 amide bonds. The van der Waals surface area contributed by atoms with Crippen molar-refractivity contribution in [3.8, 4) is 0 Å². The van der Waals surface area contributed by atoms with Crippen LogP contribution in [-0.2, 0) is 4.79 Å². The first-order chi connectivity index (χ1) is 8.26. The highest BCUT2D eigenvalue weighted by Gasteiger charge is 2.43. The smallest absolute Gasteiger partial charge is 0.324 e. The van der Waals surface area contributed by atoms with Crippen molar-refractivity contribution in [3.63, 3.8) is 0 Å². The Morgan fingerprint density at radius 2 is 1.53 bits per heavy atom. The van der Waals surface area contributed by atoms with E-state index in [9.17, 15) is 9.90 Å². The molecule has 0 unspecified atom stereocenters. The Bertz CT molecular complexity index is 254. The molecule has 2 fully saturated rings. The Kier molecular flexibility index (Phi) is 4.40. The first-order valence-corrected chi connectivity index (χ1v) is 6.95. The summed E-state index contributed by atoms with van der Waals surface area (Å²) in [6.07, 6.45) is 7.47. The Morgan fingerprint density at radius 1 is 1.00 bits per heavy atom. The van der Waals surface area contributed by atoms with Gasteiger partial charge in [0.05, 0.1) is 0 Å². The molecule has 0 aromatic heterocycles. The quantitative estimate of drug-likeness (QED) is 0.767. The fraction of sp³-hybridized carbons (Fsp3) is 0.923. The van der Waals surface area contributed by atoms with Crippen LogP contribution >= 0.6 is 0 Å². The largest absolute Gasteiger partial charge is 0.480 e. The topological polar surface area (TPSA) is 52.6 Å². The number of nitrogens with one attached hydrogen (secondary N) is 1. The summed E-state index contributed by atoms with van der Waals surface area (Å²) in [5.41, 5.74) is -0.567. The van der Waals surface area contributed by atoms with Gasteiger partial charge in [0.2, 0.25) is 0 Å². The van der Waals surface area contributed by atoms with Gasteiger partial charge in [-0.15, -0.1) is 0 Å². The molecule has 0 aromatic carbocycles. The molecule has 0 aromatic rings. The normalized spacial score (nSPS) is 27.1. The minimum atomic E-state index is -0.596. The summed E-state index contributed by atoms with van der Waals surface area (Å²) in [5.74, 6) is -0.596. The predicted molar refractivity (Wildman–Crippen MR) is 67.1 cm³/mol. The summed E-state index contributed by atoms with van der Waals surface area (Å²) in [6.45, 7) is 3.61. The van der Waals surface area contributed by atoms with Crippen LogP contribution in [-0.4, -0.2) is 47.7 Å². The number of carboxylic acid groups (broad SMARTS) is 1. The van der Waals surface area contributed by atoms with Gasteiger partial charge in [-0.2, -0.15) is 0 Å². The van der Waals surface area contributed by atoms with E-state index in [0.29, 0.717) is 0 Å². The molecule has 0 atom stereocenters. The second-order valence-corrected chi connectivity index (χ2v) is 5.34. The van der Waals surface area contributed by atoms with Crippen molar-refractivity contribution >= 4 is 5.97 Å². The molecule has 2 N–H and O–H groups in total. The summed E-state index contributed by atoms with van der Waals surface area (Å²) in [6, 6.07) is 0. The van der Waals surface area contributed by atoms with Gasteiger partial charge < -0.3 is 10.4 Å². The van der Waals surface area contributed by atoms with E-state index in [2.05, 4.69) is 10.2 Å². The van der Waals surface area contributed by atoms with Crippen LogP contribution in [0.4, 0.5) is 0 Å². The highest BCUT2D eigenvalue weighted by molar-refractivity contribution is 5.78. The van der Waals surface area contributed by atoms with E-state index in [1.165, 1.54) is 19.3 Å². The number of hydrogen-bond donors (Lipinski definition) is 2. The Labute approximate surface area is 103 Å². The lowest BCUT2D eigenvalue weighted by molar-refractivity contribution is -0.154. The average Bonchev–Trinajstić information content (AvgIpc) is 2.30. The van der Waals surface area contributed by atoms with Crippen molar-refractivity contribution in [2.75, 3.05) is 26.2 Å². The molecule has 1 heterocycles. The van der Waals surface area contributed by atoms with Crippen LogP contribution < -0.4 is 5.32 Å². The maximum atomic E-state index is 11.8. The summed E-state index contributed by atoms with van der Waals surface area (Å²) < 4.78 is 0. The van der Waals surface area contributed by atoms with E-state index >= 15 is 0 Å². The summed E-state index contributed by atoms with van der Waals surface area (Å²) in [7, 11) is 0. The van der Waals surface area contributed by atoms with Gasteiger partial charge in [-0.1, -0.05) is 32.1 Å². The van der Waals surface area contributed by atoms with E-state index in [1.54, 1.807) is 0 Å². The van der Waals surface area contributed by atoms with E-state index in [-0.39, 0.29) is 0 Å². The lowest BCUT2D eigenvalue weighted by Gasteiger charge is -2.43. The van der Waals surface area contributed by atoms with Gasteiger partial charge >= 0.3 is 5.97 Å². The van der Waals surface area contributed by atoms with Gasteiger partial charge in [0.1, 0.15) is 5.54 Å². The molecule has 4 heteroatoms. The first-order valence-electron chi connectivity index (χ1n) is 6.95. The first kappa shape index (κ1) is 12.8. The van der Waals surface area contributed by atoms with Gasteiger partial charge in [-0.3, -0.25) is 9.69 Å². The zero-order valence-electron chi connectivity index (χ0n) is 10.6. The summed E-state index contributed by atoms with van der Waals surface area (Å²) in [5, 5.41) is 13.0. The van der Waals surface area contributed by atoms with Crippen LogP contribution in [0.2, 0.25) is 0 Å². The van der Waals surface area contributed by atoms with Crippen molar-refractivity contribution < 1.29 is 9.90 Å². The zero-order valence-corrected chi connectivity index (χ0v) is 10.6. The number of carboxylic acids is 1. The zero-order chi connectivity index (χ0) is 12.1. The maximum absolute atomic E-state index is 11.8. The fourth-order valence-electron chi connectivity index (χ4n) is 3.25. The highest BCUT2D eigenvalue weighted by atomic mass is 16.4. The lowest BCUT2D eigenvalue weighted by Crippen LogP contribution is -2.60. The van der Waals surface area contributed by atoms with Gasteiger partial charge in [-0.25, -0.2) is 0 Å². The third-order valence-corrected chi connectivity index (χ3v) is 4.30. The SMILES string of the molecule is O=C(O)C1(N2CCNCC2)CCCCCCC1. The number of rotatable bonds is 2. The highest BCUT2D eigenvalue weighted by Crippen LogP contribution is 2.32. The van der Waals surface area contributed by atoms with Crippen LogP contribution in [0.3, 0.4) is 0 Å². The second kappa shape index (κ2) is 5.83. The monoisotopic (exact) mass is 240 g/mol. The Balaban J connectivity index is 2.12. The van der Waals surface area contributed by atoms with Gasteiger partial charge in [-0.05, 0) is 12.8 Å². The summed E-state index contributed by atoms with van der Waals surface area (Å²) in [4.78, 5) is 14.0. The molecule has 0 spiro atoms. The molecule has 1 saturated carbocycles. The molecule has 1 saturated heterocycles. The maximum Gasteiger partial charge on any atom is 0.324 e. The van der Waals surface area contributed by atoms with Crippen LogP contribution in [0, 0.1) is 0 Å². The Hall–Kier alpha value is -0.610. The van der Waals surface area contributed by atoms with Gasteiger partial charge in [0.15, 0.2) is 0 Å². The van der Waals surface area contributed by atoms with E-state index in [4.69, 9.17) is 0 Å². The number of piperazine rings is 1. The Morgan fingerprint density at radius 3 is 2.06 bits per heavy atom. The molecular formula is C13H24N2O2. The molecule has 17 heavy (non-hydrogen) atoms. The predicted octanol–water partition coefficient (Wildman–Crippen LogP) is 1.46. The number of nitrogens with zero attached hydrogens (tertiary/aromatic N) is 1. The number of carbonyl (C=O) groups is 1. The molecular weight excluding hydrogens is 216 g/mol. The van der Waals surface area contributed by atoms with Crippen molar-refractivity contribution in [1.82, 2.24) is 10.2 Å². The van der Waals surface area contributed by atoms with Crippen molar-refractivity contribution in [2.45, 2.75) is 50.5 Å². The molecule has 2 rings (SSSR count). The molecule has 0 radical (unpaired) electrons. The lowest BCUT2D eigenvalue weighted by atomic mass is 9.82. The fourth-order valence-corrected chi connectivity index (χ4v) is 3.25. The molecule has 1 aliphatic heterocycles. The van der Waals surface area contributed by atoms with Crippen molar-refractivity contribution in [2.24, 2.45) is 0 Å². The number of aliphatic carboxylic acids is 1. The summed E-state index contributed by atoms with van der Waals surface area (Å²) >= 11 is 0. The minimum Gasteiger partial charge on any atom is -0.480 e. The van der Waals surface area contributed by atoms with Gasteiger partial charge in [0, 0.05) is 26.2 Å². The molecule has 98 valence electrons. The molecule has 0 bridgehead atoms. The van der Waals surface area contributed by atoms with E-state index < -0.39 is 11.5 Å². The number of hydrogen-bond acceptors (Lipinski definition) is 3. The van der Waals surface area contributed by atoms with Crippen LogP contribution in [0.1, 0.15) is 44.9 Å².